The number of hydrogen-bond donors (Lipinski definition) is 2. The molecule has 0 saturated carbocycles. The molecule has 140 valence electrons. The van der Waals surface area contributed by atoms with Gasteiger partial charge < -0.3 is 10.5 Å². The average molecular weight is 411 g/mol. The fraction of sp³-hybridized carbons (Fsp3) is 0.550. The number of allylic oxidation sites excluding steroid dienone is 6. The molecule has 0 aromatic carbocycles. The maximum Gasteiger partial charge on any atom is 0.411 e. The summed E-state index contributed by atoms with van der Waals surface area (Å²) in [5.41, 5.74) is 9.72. The number of carbonyl (C=O) groups excluding carboxylic acids is 1. The number of carbonyl (C=O) groups is 1. The highest BCUT2D eigenvalue weighted by molar-refractivity contribution is 9.11. The normalized spacial score (nSPS) is 20.3. The van der Waals surface area contributed by atoms with E-state index in [2.05, 4.69) is 41.7 Å². The summed E-state index contributed by atoms with van der Waals surface area (Å²) in [7, 11) is 0. The lowest BCUT2D eigenvalue weighted by molar-refractivity contribution is 0.103. The Hall–Kier alpha value is -1.49. The average Bonchev–Trinajstić information content (AvgIpc) is 2.65. The molecule has 1 aliphatic carbocycles. The van der Waals surface area contributed by atoms with Gasteiger partial charge in [-0.05, 0) is 31.3 Å². The number of halogens is 1. The van der Waals surface area contributed by atoms with Gasteiger partial charge in [-0.3, -0.25) is 5.32 Å². The number of nitrogens with one attached hydrogen (secondary N) is 1. The maximum absolute atomic E-state index is 12.2. The lowest BCUT2D eigenvalue weighted by Crippen LogP contribution is -2.31. The molecule has 1 unspecified atom stereocenters. The number of nitrogens with two attached hydrogens (primary N) is 1. The first-order chi connectivity index (χ1) is 11.7. The first-order valence-electron chi connectivity index (χ1n) is 8.88. The second-order valence-electron chi connectivity index (χ2n) is 6.91. The van der Waals surface area contributed by atoms with Crippen LogP contribution in [0.1, 0.15) is 53.9 Å². The van der Waals surface area contributed by atoms with E-state index in [1.807, 2.05) is 32.9 Å². The van der Waals surface area contributed by atoms with E-state index in [1.54, 1.807) is 0 Å². The van der Waals surface area contributed by atoms with Crippen molar-refractivity contribution in [1.29, 1.82) is 0 Å². The van der Waals surface area contributed by atoms with Crippen LogP contribution in [0.15, 0.2) is 45.8 Å². The third-order valence-electron chi connectivity index (χ3n) is 4.34. The van der Waals surface area contributed by atoms with Crippen LogP contribution in [0.25, 0.3) is 0 Å². The lowest BCUT2D eigenvalue weighted by Gasteiger charge is -2.21. The molecule has 3 N–H and O–H groups in total. The predicted octanol–water partition coefficient (Wildman–Crippen LogP) is 5.53. The van der Waals surface area contributed by atoms with Gasteiger partial charge in [0.25, 0.3) is 0 Å². The molecule has 25 heavy (non-hydrogen) atoms. The smallest absolute Gasteiger partial charge is 0.411 e. The van der Waals surface area contributed by atoms with E-state index in [-0.39, 0.29) is 17.9 Å². The summed E-state index contributed by atoms with van der Waals surface area (Å²) < 4.78 is 6.47. The number of alkyl carbamates (subject to hydrolysis) is 1. The van der Waals surface area contributed by atoms with Crippen LogP contribution in [0.5, 0.6) is 0 Å². The Labute approximate surface area is 160 Å². The molecule has 1 amide bonds. The zero-order valence-corrected chi connectivity index (χ0v) is 17.6. The van der Waals surface area contributed by atoms with Crippen molar-refractivity contribution in [3.8, 4) is 0 Å². The van der Waals surface area contributed by atoms with Crippen LogP contribution in [0, 0.1) is 11.8 Å². The third-order valence-corrected chi connectivity index (χ3v) is 5.29. The van der Waals surface area contributed by atoms with E-state index in [1.165, 1.54) is 0 Å². The Balaban J connectivity index is 3.02. The Kier molecular flexibility index (Phi) is 8.50. The molecule has 0 aliphatic heterocycles. The Morgan fingerprint density at radius 2 is 2.08 bits per heavy atom. The quantitative estimate of drug-likeness (QED) is 0.565. The molecular weight excluding hydrogens is 380 g/mol. The van der Waals surface area contributed by atoms with Crippen LogP contribution >= 0.6 is 15.9 Å². The van der Waals surface area contributed by atoms with Gasteiger partial charge in [-0.2, -0.15) is 0 Å². The van der Waals surface area contributed by atoms with Crippen molar-refractivity contribution in [1.82, 2.24) is 5.32 Å². The Bertz CT molecular complexity index is 603. The summed E-state index contributed by atoms with van der Waals surface area (Å²) in [5, 5.41) is 2.85. The first-order valence-corrected chi connectivity index (χ1v) is 9.68. The van der Waals surface area contributed by atoms with Gasteiger partial charge in [0.05, 0.1) is 5.70 Å². The molecule has 1 rings (SSSR count). The van der Waals surface area contributed by atoms with Crippen LogP contribution in [-0.4, -0.2) is 12.2 Å². The third kappa shape index (κ3) is 6.38. The van der Waals surface area contributed by atoms with E-state index in [0.717, 1.165) is 28.5 Å². The standard InChI is InChI=1S/C20H31BrN2O2/c1-7-8-14(5)25-20(24)23-19(12(2)3)18(22)16-9-10-17(21)15(6)13(4)11-16/h9-10,12,14-15H,4,7-8,11,22H2,1-3,5-6H3,(H,23,24)/b19-18+/t14-,15?/m1/s1. The molecule has 2 atom stereocenters. The van der Waals surface area contributed by atoms with Gasteiger partial charge in [-0.15, -0.1) is 0 Å². The molecule has 0 radical (unpaired) electrons. The molecule has 0 saturated heterocycles. The molecule has 0 bridgehead atoms. The summed E-state index contributed by atoms with van der Waals surface area (Å²) in [4.78, 5) is 12.2. The van der Waals surface area contributed by atoms with Gasteiger partial charge in [0, 0.05) is 16.1 Å². The largest absolute Gasteiger partial charge is 0.446 e. The number of hydrogen-bond acceptors (Lipinski definition) is 3. The molecule has 0 aromatic heterocycles. The Morgan fingerprint density at radius 3 is 2.64 bits per heavy atom. The van der Waals surface area contributed by atoms with E-state index in [0.29, 0.717) is 17.8 Å². The summed E-state index contributed by atoms with van der Waals surface area (Å²) >= 11 is 3.58. The molecule has 0 heterocycles. The summed E-state index contributed by atoms with van der Waals surface area (Å²) in [6.07, 6.45) is 5.91. The van der Waals surface area contributed by atoms with Crippen molar-refractivity contribution in [2.24, 2.45) is 17.6 Å². The van der Waals surface area contributed by atoms with Crippen molar-refractivity contribution in [2.75, 3.05) is 0 Å². The number of amides is 1. The van der Waals surface area contributed by atoms with Crippen LogP contribution < -0.4 is 11.1 Å². The zero-order chi connectivity index (χ0) is 19.1. The van der Waals surface area contributed by atoms with Gasteiger partial charge in [-0.25, -0.2) is 4.79 Å². The highest BCUT2D eigenvalue weighted by atomic mass is 79.9. The van der Waals surface area contributed by atoms with Crippen molar-refractivity contribution in [2.45, 2.75) is 60.0 Å². The van der Waals surface area contributed by atoms with E-state index < -0.39 is 6.09 Å². The van der Waals surface area contributed by atoms with Crippen molar-refractivity contribution in [3.05, 3.63) is 45.8 Å². The SMILES string of the molecule is C=C1CC(/C(N)=C(\NC(=O)O[C@H](C)CCC)C(C)C)=CC=C(Br)C1C. The molecule has 4 nitrogen and oxygen atoms in total. The van der Waals surface area contributed by atoms with Crippen molar-refractivity contribution < 1.29 is 9.53 Å². The van der Waals surface area contributed by atoms with E-state index in [4.69, 9.17) is 10.5 Å². The first kappa shape index (κ1) is 21.6. The molecular formula is C20H31BrN2O2. The van der Waals surface area contributed by atoms with Gasteiger partial charge in [0.2, 0.25) is 0 Å². The predicted molar refractivity (Wildman–Crippen MR) is 108 cm³/mol. The minimum Gasteiger partial charge on any atom is -0.446 e. The van der Waals surface area contributed by atoms with Gasteiger partial charge in [0.15, 0.2) is 0 Å². The second kappa shape index (κ2) is 9.85. The second-order valence-corrected chi connectivity index (χ2v) is 7.83. The minimum atomic E-state index is -0.453. The highest BCUT2D eigenvalue weighted by Gasteiger charge is 2.20. The maximum atomic E-state index is 12.2. The summed E-state index contributed by atoms with van der Waals surface area (Å²) in [6, 6.07) is 0. The van der Waals surface area contributed by atoms with Gasteiger partial charge in [-0.1, -0.05) is 74.3 Å². The highest BCUT2D eigenvalue weighted by Crippen LogP contribution is 2.33. The van der Waals surface area contributed by atoms with Crippen molar-refractivity contribution >= 4 is 22.0 Å². The molecule has 1 aliphatic rings. The monoisotopic (exact) mass is 410 g/mol. The van der Waals surface area contributed by atoms with E-state index in [9.17, 15) is 4.79 Å². The van der Waals surface area contributed by atoms with Crippen LogP contribution in [-0.2, 0) is 4.74 Å². The lowest BCUT2D eigenvalue weighted by atomic mass is 9.94. The Morgan fingerprint density at radius 1 is 1.44 bits per heavy atom. The van der Waals surface area contributed by atoms with Crippen molar-refractivity contribution in [3.63, 3.8) is 0 Å². The summed E-state index contributed by atoms with van der Waals surface area (Å²) in [6.45, 7) is 14.2. The van der Waals surface area contributed by atoms with Crippen LogP contribution in [0.4, 0.5) is 4.79 Å². The van der Waals surface area contributed by atoms with Gasteiger partial charge in [0.1, 0.15) is 6.10 Å². The number of ether oxygens (including phenoxy) is 1. The van der Waals surface area contributed by atoms with Gasteiger partial charge >= 0.3 is 6.09 Å². The van der Waals surface area contributed by atoms with Crippen LogP contribution in [0.2, 0.25) is 0 Å². The molecule has 0 spiro atoms. The zero-order valence-electron chi connectivity index (χ0n) is 16.0. The number of rotatable bonds is 6. The molecule has 0 aromatic rings. The fourth-order valence-corrected chi connectivity index (χ4v) is 3.10. The fourth-order valence-electron chi connectivity index (χ4n) is 2.64. The summed E-state index contributed by atoms with van der Waals surface area (Å²) in [5.74, 6) is 0.313. The molecule has 0 fully saturated rings. The minimum absolute atomic E-state index is 0.0660. The van der Waals surface area contributed by atoms with E-state index >= 15 is 0 Å². The topological polar surface area (TPSA) is 64.3 Å². The van der Waals surface area contributed by atoms with Crippen LogP contribution in [0.3, 0.4) is 0 Å². The molecule has 5 heteroatoms.